The van der Waals surface area contributed by atoms with Gasteiger partial charge in [0.05, 0.1) is 12.6 Å². The summed E-state index contributed by atoms with van der Waals surface area (Å²) >= 11 is 0. The number of carbonyl (C=O) groups excluding carboxylic acids is 1. The van der Waals surface area contributed by atoms with Crippen LogP contribution in [0.2, 0.25) is 0 Å². The van der Waals surface area contributed by atoms with Crippen molar-refractivity contribution >= 4 is 5.91 Å². The largest absolute Gasteiger partial charge is 0.494 e. The second kappa shape index (κ2) is 6.48. The lowest BCUT2D eigenvalue weighted by Gasteiger charge is -2.20. The van der Waals surface area contributed by atoms with E-state index in [0.29, 0.717) is 19.1 Å². The number of carbonyl (C=O) groups is 1. The van der Waals surface area contributed by atoms with Gasteiger partial charge in [-0.2, -0.15) is 0 Å². The second-order valence-corrected chi connectivity index (χ2v) is 6.81. The highest BCUT2D eigenvalue weighted by Crippen LogP contribution is 2.25. The fourth-order valence-corrected chi connectivity index (χ4v) is 2.19. The van der Waals surface area contributed by atoms with E-state index in [1.165, 1.54) is 5.56 Å². The molecule has 0 aromatic heterocycles. The number of hydrogen-bond acceptors (Lipinski definition) is 3. The van der Waals surface area contributed by atoms with E-state index in [0.717, 1.165) is 18.6 Å². The van der Waals surface area contributed by atoms with Gasteiger partial charge in [0.15, 0.2) is 0 Å². The lowest BCUT2D eigenvalue weighted by molar-refractivity contribution is -0.120. The first-order valence-corrected chi connectivity index (χ1v) is 7.65. The van der Waals surface area contributed by atoms with E-state index in [1.807, 2.05) is 12.1 Å². The summed E-state index contributed by atoms with van der Waals surface area (Å²) in [7, 11) is 0. The van der Waals surface area contributed by atoms with Gasteiger partial charge in [-0.15, -0.1) is 0 Å². The van der Waals surface area contributed by atoms with Crippen LogP contribution < -0.4 is 15.8 Å². The van der Waals surface area contributed by atoms with Crippen LogP contribution in [0.25, 0.3) is 0 Å². The van der Waals surface area contributed by atoms with Crippen molar-refractivity contribution in [2.75, 3.05) is 6.61 Å². The minimum atomic E-state index is -0.297. The van der Waals surface area contributed by atoms with E-state index in [2.05, 4.69) is 38.2 Å². The Morgan fingerprint density at radius 2 is 2.14 bits per heavy atom. The Morgan fingerprint density at radius 3 is 2.71 bits per heavy atom. The van der Waals surface area contributed by atoms with Crippen LogP contribution >= 0.6 is 0 Å². The molecule has 1 aliphatic rings. The highest BCUT2D eigenvalue weighted by atomic mass is 16.5. The topological polar surface area (TPSA) is 64.3 Å². The van der Waals surface area contributed by atoms with Gasteiger partial charge in [-0.25, -0.2) is 0 Å². The molecule has 1 aromatic carbocycles. The summed E-state index contributed by atoms with van der Waals surface area (Å²) in [6.07, 6.45) is 2.88. The number of primary amides is 1. The molecule has 4 nitrogen and oxygen atoms in total. The molecule has 21 heavy (non-hydrogen) atoms. The van der Waals surface area contributed by atoms with Crippen LogP contribution in [0.3, 0.4) is 0 Å². The molecular formula is C17H26N2O2. The van der Waals surface area contributed by atoms with Crippen molar-refractivity contribution in [1.29, 1.82) is 0 Å². The normalized spacial score (nSPS) is 16.5. The number of hydrogen-bond donors (Lipinski definition) is 2. The average Bonchev–Trinajstić information content (AvgIpc) is 3.21. The number of amides is 1. The number of rotatable bonds is 7. The fraction of sp³-hybridized carbons (Fsp3) is 0.588. The molecule has 1 aliphatic carbocycles. The molecule has 0 radical (unpaired) electrons. The summed E-state index contributed by atoms with van der Waals surface area (Å²) in [5.41, 5.74) is 6.75. The second-order valence-electron chi connectivity index (χ2n) is 6.81. The van der Waals surface area contributed by atoms with Gasteiger partial charge in [-0.3, -0.25) is 4.79 Å². The zero-order chi connectivity index (χ0) is 15.5. The molecule has 1 unspecified atom stereocenters. The van der Waals surface area contributed by atoms with Gasteiger partial charge in [-0.1, -0.05) is 32.9 Å². The minimum absolute atomic E-state index is 0.0999. The van der Waals surface area contributed by atoms with Crippen molar-refractivity contribution < 1.29 is 9.53 Å². The van der Waals surface area contributed by atoms with Crippen LogP contribution in [-0.2, 0) is 10.2 Å². The van der Waals surface area contributed by atoms with Crippen LogP contribution in [-0.4, -0.2) is 24.6 Å². The third-order valence-electron chi connectivity index (χ3n) is 3.73. The SMILES string of the molecule is CC(C)(C)c1cccc(OCCC(NC2CC2)C(N)=O)c1. The summed E-state index contributed by atoms with van der Waals surface area (Å²) in [5, 5.41) is 3.26. The number of nitrogens with one attached hydrogen (secondary N) is 1. The summed E-state index contributed by atoms with van der Waals surface area (Å²) in [5.74, 6) is 0.547. The van der Waals surface area contributed by atoms with Crippen molar-refractivity contribution in [1.82, 2.24) is 5.32 Å². The van der Waals surface area contributed by atoms with E-state index in [4.69, 9.17) is 10.5 Å². The number of benzene rings is 1. The van der Waals surface area contributed by atoms with Crippen LogP contribution in [0.15, 0.2) is 24.3 Å². The Morgan fingerprint density at radius 1 is 1.43 bits per heavy atom. The zero-order valence-electron chi connectivity index (χ0n) is 13.2. The monoisotopic (exact) mass is 290 g/mol. The Kier molecular flexibility index (Phi) is 4.88. The molecule has 0 heterocycles. The highest BCUT2D eigenvalue weighted by molar-refractivity contribution is 5.79. The molecule has 1 atom stereocenters. The predicted octanol–water partition coefficient (Wildman–Crippen LogP) is 2.36. The first kappa shape index (κ1) is 15.8. The van der Waals surface area contributed by atoms with Gasteiger partial charge in [0.25, 0.3) is 0 Å². The number of nitrogens with two attached hydrogens (primary N) is 1. The third-order valence-corrected chi connectivity index (χ3v) is 3.73. The van der Waals surface area contributed by atoms with E-state index in [9.17, 15) is 4.79 Å². The lowest BCUT2D eigenvalue weighted by Crippen LogP contribution is -2.43. The van der Waals surface area contributed by atoms with E-state index < -0.39 is 0 Å². The summed E-state index contributed by atoms with van der Waals surface area (Å²) in [4.78, 5) is 11.4. The number of ether oxygens (including phenoxy) is 1. The molecule has 0 bridgehead atoms. The van der Waals surface area contributed by atoms with Gasteiger partial charge in [-0.05, 0) is 36.0 Å². The third kappa shape index (κ3) is 5.05. The van der Waals surface area contributed by atoms with Gasteiger partial charge < -0.3 is 15.8 Å². The molecule has 1 amide bonds. The molecule has 1 saturated carbocycles. The maximum absolute atomic E-state index is 11.4. The highest BCUT2D eigenvalue weighted by Gasteiger charge is 2.27. The Bertz CT molecular complexity index is 490. The quantitative estimate of drug-likeness (QED) is 0.810. The van der Waals surface area contributed by atoms with Gasteiger partial charge in [0.1, 0.15) is 5.75 Å². The standard InChI is InChI=1S/C17H26N2O2/c1-17(2,3)12-5-4-6-14(11-12)21-10-9-15(16(18)20)19-13-7-8-13/h4-6,11,13,15,19H,7-10H2,1-3H3,(H2,18,20). The van der Waals surface area contributed by atoms with Gasteiger partial charge in [0.2, 0.25) is 5.91 Å². The van der Waals surface area contributed by atoms with Crippen LogP contribution in [0, 0.1) is 0 Å². The van der Waals surface area contributed by atoms with Crippen LogP contribution in [0.5, 0.6) is 5.75 Å². The smallest absolute Gasteiger partial charge is 0.234 e. The molecule has 2 rings (SSSR count). The molecule has 0 aliphatic heterocycles. The fourth-order valence-electron chi connectivity index (χ4n) is 2.19. The van der Waals surface area contributed by atoms with Gasteiger partial charge in [0, 0.05) is 12.5 Å². The first-order chi connectivity index (χ1) is 9.86. The summed E-state index contributed by atoms with van der Waals surface area (Å²) in [6, 6.07) is 8.30. The maximum Gasteiger partial charge on any atom is 0.234 e. The van der Waals surface area contributed by atoms with E-state index >= 15 is 0 Å². The minimum Gasteiger partial charge on any atom is -0.494 e. The van der Waals surface area contributed by atoms with Crippen molar-refractivity contribution in [2.24, 2.45) is 5.73 Å². The van der Waals surface area contributed by atoms with Crippen LogP contribution in [0.4, 0.5) is 0 Å². The van der Waals surface area contributed by atoms with Crippen molar-refractivity contribution in [3.05, 3.63) is 29.8 Å². The summed E-state index contributed by atoms with van der Waals surface area (Å²) < 4.78 is 5.78. The molecule has 116 valence electrons. The Hall–Kier alpha value is -1.55. The molecule has 4 heteroatoms. The Labute approximate surface area is 127 Å². The molecule has 0 spiro atoms. The predicted molar refractivity (Wildman–Crippen MR) is 84.4 cm³/mol. The average molecular weight is 290 g/mol. The maximum atomic E-state index is 11.4. The Balaban J connectivity index is 1.85. The van der Waals surface area contributed by atoms with Gasteiger partial charge >= 0.3 is 0 Å². The van der Waals surface area contributed by atoms with Crippen molar-refractivity contribution in [3.8, 4) is 5.75 Å². The van der Waals surface area contributed by atoms with Crippen LogP contribution in [0.1, 0.15) is 45.6 Å². The molecular weight excluding hydrogens is 264 g/mol. The van der Waals surface area contributed by atoms with Crippen molar-refractivity contribution in [2.45, 2.75) is 57.5 Å². The van der Waals surface area contributed by atoms with Crippen molar-refractivity contribution in [3.63, 3.8) is 0 Å². The van der Waals surface area contributed by atoms with E-state index in [1.54, 1.807) is 0 Å². The molecule has 1 aromatic rings. The molecule has 0 saturated heterocycles. The summed E-state index contributed by atoms with van der Waals surface area (Å²) in [6.45, 7) is 7.01. The lowest BCUT2D eigenvalue weighted by atomic mass is 9.87. The van der Waals surface area contributed by atoms with E-state index in [-0.39, 0.29) is 17.4 Å². The first-order valence-electron chi connectivity index (χ1n) is 7.65. The zero-order valence-corrected chi connectivity index (χ0v) is 13.2. The molecule has 1 fully saturated rings. The molecule has 3 N–H and O–H groups in total.